The number of thiazole rings is 1. The molecule has 1 atom stereocenters. The van der Waals surface area contributed by atoms with E-state index in [9.17, 15) is 10.1 Å². The molecule has 0 saturated heterocycles. The van der Waals surface area contributed by atoms with Gasteiger partial charge in [0.1, 0.15) is 10.4 Å². The smallest absolute Gasteiger partial charge is 0.241 e. The number of rotatable bonds is 4. The van der Waals surface area contributed by atoms with Crippen molar-refractivity contribution < 1.29 is 4.79 Å². The Hall–Kier alpha value is -1.41. The third-order valence-corrected chi connectivity index (χ3v) is 4.39. The molecule has 0 spiro atoms. The summed E-state index contributed by atoms with van der Waals surface area (Å²) in [5, 5.41) is 15.0. The van der Waals surface area contributed by atoms with Gasteiger partial charge in [0.15, 0.2) is 0 Å². The van der Waals surface area contributed by atoms with Gasteiger partial charge in [-0.15, -0.1) is 11.3 Å². The summed E-state index contributed by atoms with van der Waals surface area (Å²) in [7, 11) is 0. The van der Waals surface area contributed by atoms with E-state index < -0.39 is 5.41 Å². The predicted octanol–water partition coefficient (Wildman–Crippen LogP) is 2.65. The quantitative estimate of drug-likeness (QED) is 0.908. The number of hydrogen-bond acceptors (Lipinski definition) is 4. The fourth-order valence-corrected chi connectivity index (χ4v) is 3.27. The van der Waals surface area contributed by atoms with E-state index in [0.29, 0.717) is 18.8 Å². The van der Waals surface area contributed by atoms with Crippen molar-refractivity contribution in [3.63, 3.8) is 0 Å². The second-order valence-electron chi connectivity index (χ2n) is 5.01. The van der Waals surface area contributed by atoms with Crippen LogP contribution in [0.25, 0.3) is 0 Å². The molecule has 1 aliphatic rings. The Bertz CT molecular complexity index is 457. The van der Waals surface area contributed by atoms with Crippen LogP contribution in [0.3, 0.4) is 0 Å². The van der Waals surface area contributed by atoms with Gasteiger partial charge in [0.2, 0.25) is 5.91 Å². The lowest BCUT2D eigenvalue weighted by molar-refractivity contribution is -0.134. The molecule has 1 aromatic heterocycles. The first kappa shape index (κ1) is 13.0. The SMILES string of the molecule is CCC(NC(=O)C1(C#N)CC(C)C1)c1nccs1. The van der Waals surface area contributed by atoms with Gasteiger partial charge in [-0.2, -0.15) is 5.26 Å². The first-order valence-electron chi connectivity index (χ1n) is 6.23. The van der Waals surface area contributed by atoms with Crippen LogP contribution in [-0.2, 0) is 4.79 Å². The molecule has 1 unspecified atom stereocenters. The molecule has 1 amide bonds. The summed E-state index contributed by atoms with van der Waals surface area (Å²) in [6.45, 7) is 4.08. The van der Waals surface area contributed by atoms with Crippen molar-refractivity contribution in [3.05, 3.63) is 16.6 Å². The van der Waals surface area contributed by atoms with Crippen LogP contribution in [0.2, 0.25) is 0 Å². The summed E-state index contributed by atoms with van der Waals surface area (Å²) in [5.74, 6) is 0.334. The average Bonchev–Trinajstić information content (AvgIpc) is 2.84. The Morgan fingerprint density at radius 3 is 2.94 bits per heavy atom. The van der Waals surface area contributed by atoms with Gasteiger partial charge in [0.05, 0.1) is 12.1 Å². The Kier molecular flexibility index (Phi) is 3.67. The molecular formula is C13H17N3OS. The molecule has 0 aromatic carbocycles. The normalized spacial score (nSPS) is 27.9. The Balaban J connectivity index is 2.05. The molecule has 0 aliphatic heterocycles. The highest BCUT2D eigenvalue weighted by Gasteiger charge is 2.49. The minimum absolute atomic E-state index is 0.0707. The van der Waals surface area contributed by atoms with Crippen molar-refractivity contribution in [2.24, 2.45) is 11.3 Å². The average molecular weight is 263 g/mol. The van der Waals surface area contributed by atoms with Gasteiger partial charge in [-0.25, -0.2) is 4.98 Å². The molecule has 1 fully saturated rings. The highest BCUT2D eigenvalue weighted by atomic mass is 32.1. The zero-order valence-electron chi connectivity index (χ0n) is 10.6. The fraction of sp³-hybridized carbons (Fsp3) is 0.615. The maximum atomic E-state index is 12.2. The summed E-state index contributed by atoms with van der Waals surface area (Å²) in [4.78, 5) is 16.5. The molecule has 0 bridgehead atoms. The summed E-state index contributed by atoms with van der Waals surface area (Å²) in [5.41, 5.74) is -0.801. The van der Waals surface area contributed by atoms with Crippen LogP contribution in [0, 0.1) is 22.7 Å². The van der Waals surface area contributed by atoms with Gasteiger partial charge in [0.25, 0.3) is 0 Å². The van der Waals surface area contributed by atoms with E-state index in [0.717, 1.165) is 11.4 Å². The van der Waals surface area contributed by atoms with Gasteiger partial charge in [-0.05, 0) is 25.2 Å². The number of aromatic nitrogens is 1. The zero-order valence-corrected chi connectivity index (χ0v) is 11.5. The molecule has 0 radical (unpaired) electrons. The molecule has 5 heteroatoms. The van der Waals surface area contributed by atoms with Crippen LogP contribution in [0.1, 0.15) is 44.2 Å². The third kappa shape index (κ3) is 2.25. The van der Waals surface area contributed by atoms with Crippen molar-refractivity contribution in [1.82, 2.24) is 10.3 Å². The second kappa shape index (κ2) is 5.07. The monoisotopic (exact) mass is 263 g/mol. The number of carbonyl (C=O) groups excluding carboxylic acids is 1. The lowest BCUT2D eigenvalue weighted by Crippen LogP contribution is -2.49. The van der Waals surface area contributed by atoms with Crippen molar-refractivity contribution in [1.29, 1.82) is 5.26 Å². The minimum atomic E-state index is -0.801. The summed E-state index contributed by atoms with van der Waals surface area (Å²) < 4.78 is 0. The van der Waals surface area contributed by atoms with Crippen molar-refractivity contribution in [2.45, 2.75) is 39.2 Å². The maximum Gasteiger partial charge on any atom is 0.241 e. The van der Waals surface area contributed by atoms with Crippen molar-refractivity contribution in [2.75, 3.05) is 0 Å². The van der Waals surface area contributed by atoms with E-state index in [4.69, 9.17) is 0 Å². The van der Waals surface area contributed by atoms with Crippen LogP contribution >= 0.6 is 11.3 Å². The topological polar surface area (TPSA) is 65.8 Å². The van der Waals surface area contributed by atoms with E-state index in [1.54, 1.807) is 6.20 Å². The Morgan fingerprint density at radius 2 is 2.50 bits per heavy atom. The zero-order chi connectivity index (χ0) is 13.2. The molecule has 1 aromatic rings. The maximum absolute atomic E-state index is 12.2. The number of carbonyl (C=O) groups is 1. The number of nitriles is 1. The Morgan fingerprint density at radius 1 is 1.78 bits per heavy atom. The standard InChI is InChI=1S/C13H17N3OS/c1-3-10(11-15-4-5-18-11)16-12(17)13(8-14)6-9(2)7-13/h4-5,9-10H,3,6-7H2,1-2H3,(H,16,17). The highest BCUT2D eigenvalue weighted by Crippen LogP contribution is 2.45. The highest BCUT2D eigenvalue weighted by molar-refractivity contribution is 7.09. The molecule has 1 saturated carbocycles. The van der Waals surface area contributed by atoms with E-state index in [1.165, 1.54) is 11.3 Å². The minimum Gasteiger partial charge on any atom is -0.345 e. The van der Waals surface area contributed by atoms with Crippen LogP contribution in [0.15, 0.2) is 11.6 Å². The molecule has 4 nitrogen and oxygen atoms in total. The van der Waals surface area contributed by atoms with Gasteiger partial charge in [0, 0.05) is 11.6 Å². The number of amides is 1. The number of nitrogens with one attached hydrogen (secondary N) is 1. The van der Waals surface area contributed by atoms with Gasteiger partial charge in [-0.1, -0.05) is 13.8 Å². The number of nitrogens with zero attached hydrogens (tertiary/aromatic N) is 2. The van der Waals surface area contributed by atoms with E-state index >= 15 is 0 Å². The van der Waals surface area contributed by atoms with E-state index in [1.807, 2.05) is 12.3 Å². The summed E-state index contributed by atoms with van der Waals surface area (Å²) in [6.07, 6.45) is 3.86. The number of hydrogen-bond donors (Lipinski definition) is 1. The molecule has 1 aliphatic carbocycles. The van der Waals surface area contributed by atoms with Crippen molar-refractivity contribution in [3.8, 4) is 6.07 Å². The summed E-state index contributed by atoms with van der Waals surface area (Å²) >= 11 is 1.53. The molecule has 96 valence electrons. The molecule has 2 rings (SSSR count). The largest absolute Gasteiger partial charge is 0.345 e. The molecule has 18 heavy (non-hydrogen) atoms. The second-order valence-corrected chi connectivity index (χ2v) is 5.94. The Labute approximate surface area is 111 Å². The van der Waals surface area contributed by atoms with Crippen LogP contribution < -0.4 is 5.32 Å². The van der Waals surface area contributed by atoms with Gasteiger partial charge < -0.3 is 5.32 Å². The van der Waals surface area contributed by atoms with Gasteiger partial charge >= 0.3 is 0 Å². The van der Waals surface area contributed by atoms with Crippen molar-refractivity contribution >= 4 is 17.2 Å². The predicted molar refractivity (Wildman–Crippen MR) is 69.7 cm³/mol. The first-order valence-corrected chi connectivity index (χ1v) is 7.11. The van der Waals surface area contributed by atoms with E-state index in [-0.39, 0.29) is 11.9 Å². The molecule has 1 heterocycles. The lowest BCUT2D eigenvalue weighted by Gasteiger charge is -2.39. The third-order valence-electron chi connectivity index (χ3n) is 3.51. The first-order chi connectivity index (χ1) is 8.61. The van der Waals surface area contributed by atoms with Crippen LogP contribution in [0.5, 0.6) is 0 Å². The van der Waals surface area contributed by atoms with Gasteiger partial charge in [-0.3, -0.25) is 4.79 Å². The fourth-order valence-electron chi connectivity index (χ4n) is 2.50. The molecule has 1 N–H and O–H groups in total. The van der Waals surface area contributed by atoms with E-state index in [2.05, 4.69) is 23.3 Å². The van der Waals surface area contributed by atoms with Crippen LogP contribution in [0.4, 0.5) is 0 Å². The summed E-state index contributed by atoms with van der Waals surface area (Å²) in [6, 6.07) is 2.12. The lowest BCUT2D eigenvalue weighted by atomic mass is 9.63. The van der Waals surface area contributed by atoms with Crippen LogP contribution in [-0.4, -0.2) is 10.9 Å². The molecular weight excluding hydrogens is 246 g/mol.